The van der Waals surface area contributed by atoms with Crippen LogP contribution in [-0.4, -0.2) is 57.5 Å². The quantitative estimate of drug-likeness (QED) is 0.409. The lowest BCUT2D eigenvalue weighted by molar-refractivity contribution is 0.102. The van der Waals surface area contributed by atoms with Crippen LogP contribution in [0.15, 0.2) is 61.1 Å². The summed E-state index contributed by atoms with van der Waals surface area (Å²) in [7, 11) is 1.66. The van der Waals surface area contributed by atoms with E-state index >= 15 is 0 Å². The summed E-state index contributed by atoms with van der Waals surface area (Å²) in [6.45, 7) is 2.51. The van der Waals surface area contributed by atoms with E-state index in [-0.39, 0.29) is 5.91 Å². The van der Waals surface area contributed by atoms with E-state index in [1.54, 1.807) is 25.7 Å². The van der Waals surface area contributed by atoms with Crippen molar-refractivity contribution >= 4 is 17.5 Å². The molecule has 184 valence electrons. The number of methoxy groups -OCH3 is 1. The van der Waals surface area contributed by atoms with Gasteiger partial charge in [0, 0.05) is 32.0 Å². The summed E-state index contributed by atoms with van der Waals surface area (Å²) < 4.78 is 13.1. The number of fused-ring (bicyclic) bond motifs is 5. The Morgan fingerprint density at radius 2 is 2.06 bits per heavy atom. The molecular weight excluding hydrogens is 458 g/mol. The highest BCUT2D eigenvalue weighted by Crippen LogP contribution is 2.28. The van der Waals surface area contributed by atoms with Gasteiger partial charge in [-0.3, -0.25) is 4.79 Å². The predicted octanol–water partition coefficient (Wildman–Crippen LogP) is 3.89. The summed E-state index contributed by atoms with van der Waals surface area (Å²) >= 11 is 0. The van der Waals surface area contributed by atoms with Gasteiger partial charge in [-0.05, 0) is 54.8 Å². The molecule has 3 aromatic heterocycles. The monoisotopic (exact) mass is 485 g/mol. The third-order valence-corrected chi connectivity index (χ3v) is 5.82. The number of aryl methyl sites for hydroxylation is 1. The number of aromatic nitrogens is 5. The van der Waals surface area contributed by atoms with Crippen molar-refractivity contribution in [2.75, 3.05) is 37.5 Å². The van der Waals surface area contributed by atoms with E-state index in [0.717, 1.165) is 36.3 Å². The second-order valence-corrected chi connectivity index (χ2v) is 8.33. The van der Waals surface area contributed by atoms with Crippen LogP contribution in [0.4, 0.5) is 11.6 Å². The first-order valence-electron chi connectivity index (χ1n) is 11.8. The van der Waals surface area contributed by atoms with Crippen LogP contribution in [0.25, 0.3) is 22.6 Å². The van der Waals surface area contributed by atoms with E-state index in [9.17, 15) is 4.79 Å². The van der Waals surface area contributed by atoms with E-state index in [2.05, 4.69) is 30.8 Å². The first kappa shape index (κ1) is 23.4. The fourth-order valence-electron chi connectivity index (χ4n) is 3.96. The van der Waals surface area contributed by atoms with Crippen molar-refractivity contribution < 1.29 is 14.3 Å². The van der Waals surface area contributed by atoms with E-state index in [0.29, 0.717) is 48.4 Å². The van der Waals surface area contributed by atoms with Gasteiger partial charge in [0.15, 0.2) is 5.82 Å². The highest BCUT2D eigenvalue weighted by atomic mass is 16.5. The van der Waals surface area contributed by atoms with Crippen molar-refractivity contribution in [3.05, 3.63) is 66.6 Å². The number of carbonyl (C=O) groups is 1. The molecule has 4 aromatic rings. The highest BCUT2D eigenvalue weighted by Gasteiger charge is 2.17. The van der Waals surface area contributed by atoms with Gasteiger partial charge in [-0.2, -0.15) is 0 Å². The predicted molar refractivity (Wildman–Crippen MR) is 136 cm³/mol. The van der Waals surface area contributed by atoms with Crippen molar-refractivity contribution in [3.8, 4) is 28.4 Å². The molecule has 5 rings (SSSR count). The summed E-state index contributed by atoms with van der Waals surface area (Å²) in [5.74, 6) is 2.08. The van der Waals surface area contributed by atoms with Crippen LogP contribution in [0.5, 0.6) is 5.75 Å². The number of amides is 1. The fourth-order valence-corrected chi connectivity index (χ4v) is 3.96. The number of anilines is 2. The Morgan fingerprint density at radius 1 is 1.14 bits per heavy atom. The molecule has 10 nitrogen and oxygen atoms in total. The van der Waals surface area contributed by atoms with Crippen molar-refractivity contribution in [3.63, 3.8) is 0 Å². The molecule has 0 atom stereocenters. The molecule has 1 aliphatic rings. The number of nitrogens with one attached hydrogen (secondary N) is 2. The number of rotatable bonds is 5. The van der Waals surface area contributed by atoms with Gasteiger partial charge in [-0.25, -0.2) is 9.97 Å². The van der Waals surface area contributed by atoms with Crippen molar-refractivity contribution in [2.45, 2.75) is 19.4 Å². The Kier molecular flexibility index (Phi) is 7.13. The molecule has 4 heterocycles. The Hall–Kier alpha value is -4.31. The molecule has 1 aliphatic heterocycles. The van der Waals surface area contributed by atoms with Gasteiger partial charge in [0.05, 0.1) is 18.8 Å². The Bertz CT molecular complexity index is 1340. The van der Waals surface area contributed by atoms with Gasteiger partial charge in [0.25, 0.3) is 5.91 Å². The standard InChI is InChI=1S/C26H27N7O3/c1-35-14-11-27-23-10-8-19(16-28-23)18-7-9-22-20(15-18)26(34)31-24-6-4-5-21(30-24)25-32-29-17-33(25)12-2-3-13-36-22/h4-10,15-17H,2-3,11-14H2,1H3,(H,27,28)(H,30,31,34). The average Bonchev–Trinajstić information content (AvgIpc) is 3.37. The van der Waals surface area contributed by atoms with E-state index in [1.807, 2.05) is 47.0 Å². The highest BCUT2D eigenvalue weighted by molar-refractivity contribution is 6.06. The van der Waals surface area contributed by atoms with Crippen LogP contribution in [0.3, 0.4) is 0 Å². The Balaban J connectivity index is 1.44. The summed E-state index contributed by atoms with van der Waals surface area (Å²) in [4.78, 5) is 22.4. The molecule has 0 aliphatic carbocycles. The molecule has 0 unspecified atom stereocenters. The van der Waals surface area contributed by atoms with E-state index in [1.165, 1.54) is 0 Å². The van der Waals surface area contributed by atoms with Gasteiger partial charge in [0.1, 0.15) is 29.4 Å². The number of nitrogens with zero attached hydrogens (tertiary/aromatic N) is 5. The Labute approximate surface area is 208 Å². The smallest absolute Gasteiger partial charge is 0.260 e. The molecule has 2 bridgehead atoms. The lowest BCUT2D eigenvalue weighted by Crippen LogP contribution is -2.16. The van der Waals surface area contributed by atoms with E-state index < -0.39 is 0 Å². The van der Waals surface area contributed by atoms with Crippen LogP contribution >= 0.6 is 0 Å². The average molecular weight is 486 g/mol. The lowest BCUT2D eigenvalue weighted by atomic mass is 10.0. The minimum Gasteiger partial charge on any atom is -0.493 e. The minimum atomic E-state index is -0.305. The van der Waals surface area contributed by atoms with Crippen molar-refractivity contribution in [1.82, 2.24) is 24.7 Å². The van der Waals surface area contributed by atoms with Crippen molar-refractivity contribution in [2.24, 2.45) is 0 Å². The van der Waals surface area contributed by atoms with Gasteiger partial charge < -0.3 is 24.7 Å². The molecule has 10 heteroatoms. The molecule has 0 spiro atoms. The maximum atomic E-state index is 13.4. The fraction of sp³-hybridized carbons (Fsp3) is 0.269. The molecule has 0 radical (unpaired) electrons. The normalized spacial score (nSPS) is 13.5. The molecule has 0 saturated heterocycles. The molecule has 0 fully saturated rings. The minimum absolute atomic E-state index is 0.305. The summed E-state index contributed by atoms with van der Waals surface area (Å²) in [5, 5.41) is 14.4. The zero-order chi connectivity index (χ0) is 24.7. The zero-order valence-electron chi connectivity index (χ0n) is 20.0. The van der Waals surface area contributed by atoms with E-state index in [4.69, 9.17) is 9.47 Å². The van der Waals surface area contributed by atoms with Crippen LogP contribution in [0.1, 0.15) is 23.2 Å². The van der Waals surface area contributed by atoms with Crippen LogP contribution in [0, 0.1) is 0 Å². The van der Waals surface area contributed by atoms with Crippen LogP contribution in [-0.2, 0) is 11.3 Å². The maximum Gasteiger partial charge on any atom is 0.260 e. The molecule has 0 saturated carbocycles. The lowest BCUT2D eigenvalue weighted by Gasteiger charge is -2.15. The molecular formula is C26H27N7O3. The molecule has 1 aromatic carbocycles. The first-order chi connectivity index (χ1) is 17.7. The van der Waals surface area contributed by atoms with Gasteiger partial charge in [0.2, 0.25) is 0 Å². The SMILES string of the molecule is COCCNc1ccc(-c2ccc3c(c2)C(=O)Nc2cccc(n2)-c2nncn2CCCCO3)cn1. The zero-order valence-corrected chi connectivity index (χ0v) is 20.0. The number of benzene rings is 1. The second-order valence-electron chi connectivity index (χ2n) is 8.33. The summed E-state index contributed by atoms with van der Waals surface area (Å²) in [6.07, 6.45) is 5.17. The third-order valence-electron chi connectivity index (χ3n) is 5.82. The molecule has 2 N–H and O–H groups in total. The number of hydrogen-bond acceptors (Lipinski definition) is 8. The maximum absolute atomic E-state index is 13.4. The molecule has 1 amide bonds. The summed E-state index contributed by atoms with van der Waals surface area (Å²) in [5.41, 5.74) is 2.83. The first-order valence-corrected chi connectivity index (χ1v) is 11.8. The second kappa shape index (κ2) is 11.0. The van der Waals surface area contributed by atoms with Gasteiger partial charge in [-0.1, -0.05) is 12.1 Å². The number of pyridine rings is 2. The number of hydrogen-bond donors (Lipinski definition) is 2. The van der Waals surface area contributed by atoms with Gasteiger partial charge in [-0.15, -0.1) is 10.2 Å². The number of carbonyl (C=O) groups excluding carboxylic acids is 1. The van der Waals surface area contributed by atoms with Crippen LogP contribution < -0.4 is 15.4 Å². The third kappa shape index (κ3) is 5.33. The topological polar surface area (TPSA) is 116 Å². The molecule has 36 heavy (non-hydrogen) atoms. The number of ether oxygens (including phenoxy) is 2. The van der Waals surface area contributed by atoms with Crippen molar-refractivity contribution in [1.29, 1.82) is 0 Å². The van der Waals surface area contributed by atoms with Gasteiger partial charge >= 0.3 is 0 Å². The summed E-state index contributed by atoms with van der Waals surface area (Å²) in [6, 6.07) is 14.9. The van der Waals surface area contributed by atoms with Crippen LogP contribution in [0.2, 0.25) is 0 Å². The largest absolute Gasteiger partial charge is 0.493 e. The Morgan fingerprint density at radius 3 is 2.92 bits per heavy atom.